The monoisotopic (exact) mass is 515 g/mol. The van der Waals surface area contributed by atoms with E-state index >= 15 is 0 Å². The van der Waals surface area contributed by atoms with Crippen LogP contribution in [0.15, 0.2) is 71.2 Å². The first-order valence-corrected chi connectivity index (χ1v) is 10.6. The Hall–Kier alpha value is -3.52. The molecular formula is C25H17BrF3NO3. The second-order valence-corrected chi connectivity index (χ2v) is 8.25. The topological polar surface area (TPSA) is 51.5 Å². The molecule has 0 atom stereocenters. The SMILES string of the molecule is Cc1ccc(-c2cc(Br)ccc2OCc2ccc(F)cc2F)n1-c1ccc(F)c(C(=O)O)c1. The molecule has 8 heteroatoms. The molecule has 0 aliphatic heterocycles. The predicted octanol–water partition coefficient (Wildman–Crippen LogP) is 6.91. The van der Waals surface area contributed by atoms with Gasteiger partial charge in [0.05, 0.1) is 11.3 Å². The zero-order chi connectivity index (χ0) is 23.7. The first-order valence-electron chi connectivity index (χ1n) is 9.83. The predicted molar refractivity (Wildman–Crippen MR) is 121 cm³/mol. The van der Waals surface area contributed by atoms with Crippen molar-refractivity contribution in [1.82, 2.24) is 4.57 Å². The average molecular weight is 516 g/mol. The van der Waals surface area contributed by atoms with Gasteiger partial charge in [-0.15, -0.1) is 0 Å². The summed E-state index contributed by atoms with van der Waals surface area (Å²) in [7, 11) is 0. The normalized spacial score (nSPS) is 10.9. The van der Waals surface area contributed by atoms with Crippen molar-refractivity contribution in [2.24, 2.45) is 0 Å². The largest absolute Gasteiger partial charge is 0.488 e. The summed E-state index contributed by atoms with van der Waals surface area (Å²) in [5.41, 5.74) is 2.29. The molecule has 4 nitrogen and oxygen atoms in total. The minimum absolute atomic E-state index is 0.125. The zero-order valence-corrected chi connectivity index (χ0v) is 18.9. The van der Waals surface area contributed by atoms with E-state index in [4.69, 9.17) is 4.74 Å². The third kappa shape index (κ3) is 4.66. The Balaban J connectivity index is 1.77. The van der Waals surface area contributed by atoms with E-state index in [2.05, 4.69) is 15.9 Å². The molecule has 0 aliphatic carbocycles. The fourth-order valence-electron chi connectivity index (χ4n) is 3.53. The highest BCUT2D eigenvalue weighted by molar-refractivity contribution is 9.10. The summed E-state index contributed by atoms with van der Waals surface area (Å²) in [6, 6.07) is 16.1. The number of aryl methyl sites for hydroxylation is 1. The Morgan fingerprint density at radius 3 is 2.48 bits per heavy atom. The third-order valence-corrected chi connectivity index (χ3v) is 5.62. The lowest BCUT2D eigenvalue weighted by atomic mass is 10.1. The number of hydrogen-bond donors (Lipinski definition) is 1. The lowest BCUT2D eigenvalue weighted by molar-refractivity contribution is 0.0692. The van der Waals surface area contributed by atoms with Gasteiger partial charge < -0.3 is 14.4 Å². The van der Waals surface area contributed by atoms with Crippen LogP contribution in [0.4, 0.5) is 13.2 Å². The van der Waals surface area contributed by atoms with E-state index in [1.54, 1.807) is 16.7 Å². The van der Waals surface area contributed by atoms with Crippen LogP contribution >= 0.6 is 15.9 Å². The molecule has 0 unspecified atom stereocenters. The molecule has 1 aromatic heterocycles. The van der Waals surface area contributed by atoms with Crippen molar-refractivity contribution in [3.63, 3.8) is 0 Å². The zero-order valence-electron chi connectivity index (χ0n) is 17.3. The van der Waals surface area contributed by atoms with E-state index in [-0.39, 0.29) is 12.2 Å². The van der Waals surface area contributed by atoms with Gasteiger partial charge in [-0.05, 0) is 67.6 Å². The quantitative estimate of drug-likeness (QED) is 0.303. The van der Waals surface area contributed by atoms with Crippen LogP contribution in [-0.2, 0) is 6.61 Å². The molecule has 0 spiro atoms. The standard InChI is InChI=1S/C25H17BrF3NO3/c1-14-2-8-23(30(14)18-6-7-21(28)19(12-18)25(31)32)20-10-16(26)4-9-24(20)33-13-15-3-5-17(27)11-22(15)29/h2-12H,13H2,1H3,(H,31,32). The van der Waals surface area contributed by atoms with E-state index in [1.807, 2.05) is 25.1 Å². The van der Waals surface area contributed by atoms with Gasteiger partial charge in [0.15, 0.2) is 0 Å². The molecule has 4 aromatic rings. The lowest BCUT2D eigenvalue weighted by Gasteiger charge is -2.17. The molecule has 0 saturated carbocycles. The van der Waals surface area contributed by atoms with Crippen molar-refractivity contribution in [2.75, 3.05) is 0 Å². The van der Waals surface area contributed by atoms with Gasteiger partial charge in [0.2, 0.25) is 0 Å². The maximum Gasteiger partial charge on any atom is 0.338 e. The number of rotatable bonds is 6. The van der Waals surface area contributed by atoms with Crippen LogP contribution in [0.3, 0.4) is 0 Å². The van der Waals surface area contributed by atoms with Crippen LogP contribution in [0.5, 0.6) is 5.75 Å². The average Bonchev–Trinajstić information content (AvgIpc) is 3.15. The van der Waals surface area contributed by atoms with Crippen molar-refractivity contribution in [2.45, 2.75) is 13.5 Å². The molecule has 4 rings (SSSR count). The number of carboxylic acid groups (broad SMARTS) is 1. The Morgan fingerprint density at radius 2 is 1.76 bits per heavy atom. The molecule has 33 heavy (non-hydrogen) atoms. The van der Waals surface area contributed by atoms with E-state index in [1.165, 1.54) is 18.2 Å². The fourth-order valence-corrected chi connectivity index (χ4v) is 3.89. The van der Waals surface area contributed by atoms with Gasteiger partial charge in [0.25, 0.3) is 0 Å². The van der Waals surface area contributed by atoms with E-state index in [9.17, 15) is 23.1 Å². The number of carboxylic acids is 1. The van der Waals surface area contributed by atoms with Crippen molar-refractivity contribution in [3.8, 4) is 22.7 Å². The summed E-state index contributed by atoms with van der Waals surface area (Å²) < 4.78 is 49.6. The molecule has 0 bridgehead atoms. The van der Waals surface area contributed by atoms with Crippen LogP contribution in [0, 0.1) is 24.4 Å². The molecule has 168 valence electrons. The highest BCUT2D eigenvalue weighted by Crippen LogP contribution is 2.36. The van der Waals surface area contributed by atoms with Crippen LogP contribution in [0.2, 0.25) is 0 Å². The third-order valence-electron chi connectivity index (χ3n) is 5.13. The fraction of sp³-hybridized carbons (Fsp3) is 0.0800. The van der Waals surface area contributed by atoms with Crippen molar-refractivity contribution >= 4 is 21.9 Å². The number of nitrogens with zero attached hydrogens (tertiary/aromatic N) is 1. The van der Waals surface area contributed by atoms with Crippen LogP contribution < -0.4 is 4.74 Å². The highest BCUT2D eigenvalue weighted by atomic mass is 79.9. The summed E-state index contributed by atoms with van der Waals surface area (Å²) in [5, 5.41) is 9.31. The molecule has 1 heterocycles. The Bertz CT molecular complexity index is 1370. The summed E-state index contributed by atoms with van der Waals surface area (Å²) in [6.45, 7) is 1.71. The van der Waals surface area contributed by atoms with Gasteiger partial charge in [-0.1, -0.05) is 15.9 Å². The maximum absolute atomic E-state index is 14.1. The summed E-state index contributed by atoms with van der Waals surface area (Å²) >= 11 is 3.44. The van der Waals surface area contributed by atoms with Crippen molar-refractivity contribution < 1.29 is 27.8 Å². The van der Waals surface area contributed by atoms with Gasteiger partial charge in [-0.25, -0.2) is 18.0 Å². The van der Waals surface area contributed by atoms with Crippen LogP contribution in [0.25, 0.3) is 16.9 Å². The molecular weight excluding hydrogens is 499 g/mol. The number of aromatic carboxylic acids is 1. The van der Waals surface area contributed by atoms with Gasteiger partial charge in [0.1, 0.15) is 29.8 Å². The molecule has 0 radical (unpaired) electrons. The summed E-state index contributed by atoms with van der Waals surface area (Å²) in [6.07, 6.45) is 0. The number of aromatic nitrogens is 1. The van der Waals surface area contributed by atoms with Gasteiger partial charge >= 0.3 is 5.97 Å². The minimum Gasteiger partial charge on any atom is -0.488 e. The molecule has 0 amide bonds. The maximum atomic E-state index is 14.1. The number of ether oxygens (including phenoxy) is 1. The summed E-state index contributed by atoms with van der Waals surface area (Å²) in [4.78, 5) is 11.4. The van der Waals surface area contributed by atoms with E-state index < -0.39 is 29.0 Å². The van der Waals surface area contributed by atoms with E-state index in [0.29, 0.717) is 22.7 Å². The van der Waals surface area contributed by atoms with Crippen LogP contribution in [-0.4, -0.2) is 15.6 Å². The molecule has 0 saturated heterocycles. The Labute approximate surface area is 196 Å². The second-order valence-electron chi connectivity index (χ2n) is 7.33. The number of carbonyl (C=O) groups is 1. The molecule has 0 fully saturated rings. The lowest BCUT2D eigenvalue weighted by Crippen LogP contribution is -2.06. The first kappa shape index (κ1) is 22.7. The molecule has 1 N–H and O–H groups in total. The second kappa shape index (κ2) is 9.15. The Kier molecular flexibility index (Phi) is 6.29. The van der Waals surface area contributed by atoms with Crippen LogP contribution in [0.1, 0.15) is 21.6 Å². The highest BCUT2D eigenvalue weighted by Gasteiger charge is 2.18. The molecule has 3 aromatic carbocycles. The minimum atomic E-state index is -1.37. The van der Waals surface area contributed by atoms with Gasteiger partial charge in [-0.2, -0.15) is 0 Å². The Morgan fingerprint density at radius 1 is 0.970 bits per heavy atom. The van der Waals surface area contributed by atoms with Gasteiger partial charge in [-0.3, -0.25) is 0 Å². The summed E-state index contributed by atoms with van der Waals surface area (Å²) in [5.74, 6) is -3.14. The first-order chi connectivity index (χ1) is 15.7. The van der Waals surface area contributed by atoms with Crippen molar-refractivity contribution in [1.29, 1.82) is 0 Å². The number of hydrogen-bond acceptors (Lipinski definition) is 2. The molecule has 0 aliphatic rings. The smallest absolute Gasteiger partial charge is 0.338 e. The van der Waals surface area contributed by atoms with E-state index in [0.717, 1.165) is 28.4 Å². The number of halogens is 4. The van der Waals surface area contributed by atoms with Crippen molar-refractivity contribution in [3.05, 3.63) is 105 Å². The number of benzene rings is 3. The van der Waals surface area contributed by atoms with Gasteiger partial charge in [0, 0.05) is 33.0 Å².